The Hall–Kier alpha value is 0.590. The minimum atomic E-state index is 0. The highest BCUT2D eigenvalue weighted by molar-refractivity contribution is 8.93. The Labute approximate surface area is 188 Å². The highest BCUT2D eigenvalue weighted by atomic mass is 79.9. The molecule has 1 rings (SSSR count). The van der Waals surface area contributed by atoms with Gasteiger partial charge in [0.15, 0.2) is 0 Å². The predicted octanol–water partition coefficient (Wildman–Crippen LogP) is 8.84. The summed E-state index contributed by atoms with van der Waals surface area (Å²) in [6.07, 6.45) is 23.0. The van der Waals surface area contributed by atoms with Crippen LogP contribution in [0.15, 0.2) is 24.4 Å². The average molecular weight is 546 g/mol. The molecule has 0 radical (unpaired) electrons. The van der Waals surface area contributed by atoms with Crippen molar-refractivity contribution in [2.24, 2.45) is 0 Å². The van der Waals surface area contributed by atoms with E-state index in [2.05, 4.69) is 24.0 Å². The molecular weight excluding hydrogens is 506 g/mol. The van der Waals surface area contributed by atoms with Gasteiger partial charge in [-0.3, -0.25) is 4.98 Å². The first kappa shape index (κ1) is 30.3. The number of aromatic nitrogens is 1. The number of unbranched alkanes of at least 4 members (excludes halogenated alkanes) is 13. The molecular formula is C21H40Br3N. The molecule has 0 bridgehead atoms. The summed E-state index contributed by atoms with van der Waals surface area (Å²) < 4.78 is 0. The van der Waals surface area contributed by atoms with Crippen LogP contribution in [-0.2, 0) is 6.42 Å². The van der Waals surface area contributed by atoms with Crippen LogP contribution in [0.5, 0.6) is 0 Å². The summed E-state index contributed by atoms with van der Waals surface area (Å²) in [7, 11) is 0. The summed E-state index contributed by atoms with van der Waals surface area (Å²) in [5.74, 6) is 0. The van der Waals surface area contributed by atoms with Gasteiger partial charge in [-0.05, 0) is 25.0 Å². The van der Waals surface area contributed by atoms with Gasteiger partial charge in [-0.2, -0.15) is 0 Å². The number of hydrogen-bond donors (Lipinski definition) is 0. The predicted molar refractivity (Wildman–Crippen MR) is 129 cm³/mol. The van der Waals surface area contributed by atoms with Gasteiger partial charge in [0, 0.05) is 11.9 Å². The van der Waals surface area contributed by atoms with Crippen molar-refractivity contribution in [3.8, 4) is 0 Å². The van der Waals surface area contributed by atoms with Crippen molar-refractivity contribution in [2.45, 2.75) is 103 Å². The first-order valence-corrected chi connectivity index (χ1v) is 9.83. The molecule has 1 heterocycles. The smallest absolute Gasteiger partial charge is 0.0403 e. The van der Waals surface area contributed by atoms with Crippen molar-refractivity contribution in [3.05, 3.63) is 30.1 Å². The number of hydrogen-bond acceptors (Lipinski definition) is 1. The van der Waals surface area contributed by atoms with Gasteiger partial charge in [0.25, 0.3) is 0 Å². The highest BCUT2D eigenvalue weighted by Crippen LogP contribution is 2.13. The number of halogens is 3. The van der Waals surface area contributed by atoms with Crippen LogP contribution >= 0.6 is 50.9 Å². The zero-order valence-electron chi connectivity index (χ0n) is 16.1. The number of aryl methyl sites for hydroxylation is 1. The number of rotatable bonds is 15. The maximum Gasteiger partial charge on any atom is 0.0403 e. The van der Waals surface area contributed by atoms with Crippen LogP contribution in [0.25, 0.3) is 0 Å². The summed E-state index contributed by atoms with van der Waals surface area (Å²) in [5.41, 5.74) is 1.25. The zero-order valence-corrected chi connectivity index (χ0v) is 21.2. The Morgan fingerprint density at radius 3 is 1.44 bits per heavy atom. The average Bonchev–Trinajstić information content (AvgIpc) is 2.56. The van der Waals surface area contributed by atoms with Crippen LogP contribution in [-0.4, -0.2) is 4.98 Å². The van der Waals surface area contributed by atoms with E-state index in [1.165, 1.54) is 95.6 Å². The molecule has 0 aliphatic heterocycles. The van der Waals surface area contributed by atoms with Crippen molar-refractivity contribution in [2.75, 3.05) is 0 Å². The minimum Gasteiger partial charge on any atom is -0.261 e. The van der Waals surface area contributed by atoms with E-state index >= 15 is 0 Å². The molecule has 0 fully saturated rings. The van der Waals surface area contributed by atoms with E-state index in [9.17, 15) is 0 Å². The summed E-state index contributed by atoms with van der Waals surface area (Å²) in [5, 5.41) is 0. The quantitative estimate of drug-likeness (QED) is 0.200. The normalized spacial score (nSPS) is 9.64. The van der Waals surface area contributed by atoms with E-state index in [0.29, 0.717) is 0 Å². The lowest BCUT2D eigenvalue weighted by atomic mass is 10.0. The first-order chi connectivity index (χ1) is 10.9. The van der Waals surface area contributed by atoms with Gasteiger partial charge in [-0.25, -0.2) is 0 Å². The monoisotopic (exact) mass is 543 g/mol. The van der Waals surface area contributed by atoms with Gasteiger partial charge in [-0.15, -0.1) is 50.9 Å². The van der Waals surface area contributed by atoms with Crippen molar-refractivity contribution in [3.63, 3.8) is 0 Å². The maximum atomic E-state index is 4.38. The summed E-state index contributed by atoms with van der Waals surface area (Å²) in [6.45, 7) is 2.29. The van der Waals surface area contributed by atoms with Gasteiger partial charge in [0.1, 0.15) is 0 Å². The van der Waals surface area contributed by atoms with Crippen LogP contribution in [0, 0.1) is 0 Å². The topological polar surface area (TPSA) is 12.9 Å². The molecule has 0 saturated heterocycles. The molecule has 0 atom stereocenters. The third-order valence-electron chi connectivity index (χ3n) is 4.51. The fourth-order valence-electron chi connectivity index (χ4n) is 3.05. The number of pyridine rings is 1. The van der Waals surface area contributed by atoms with E-state index in [-0.39, 0.29) is 50.9 Å². The van der Waals surface area contributed by atoms with E-state index in [0.717, 1.165) is 6.42 Å². The maximum absolute atomic E-state index is 4.38. The highest BCUT2D eigenvalue weighted by Gasteiger charge is 1.95. The second kappa shape index (κ2) is 24.6. The third-order valence-corrected chi connectivity index (χ3v) is 4.51. The van der Waals surface area contributed by atoms with Gasteiger partial charge in [-0.1, -0.05) is 96.5 Å². The lowest BCUT2D eigenvalue weighted by molar-refractivity contribution is 0.535. The largest absolute Gasteiger partial charge is 0.261 e. The van der Waals surface area contributed by atoms with Crippen LogP contribution in [0.4, 0.5) is 0 Å². The van der Waals surface area contributed by atoms with Crippen LogP contribution < -0.4 is 0 Å². The van der Waals surface area contributed by atoms with Crippen molar-refractivity contribution < 1.29 is 0 Å². The Kier molecular flexibility index (Phi) is 29.8. The second-order valence-electron chi connectivity index (χ2n) is 6.67. The zero-order chi connectivity index (χ0) is 15.7. The molecule has 0 aromatic carbocycles. The summed E-state index contributed by atoms with van der Waals surface area (Å²) in [6, 6.07) is 6.23. The van der Waals surface area contributed by atoms with E-state index in [1.54, 1.807) is 0 Å². The third kappa shape index (κ3) is 20.8. The molecule has 1 aromatic rings. The van der Waals surface area contributed by atoms with Crippen LogP contribution in [0.2, 0.25) is 0 Å². The van der Waals surface area contributed by atoms with E-state index < -0.39 is 0 Å². The van der Waals surface area contributed by atoms with Gasteiger partial charge >= 0.3 is 0 Å². The molecule has 4 heteroatoms. The molecule has 25 heavy (non-hydrogen) atoms. The Balaban J connectivity index is -0.00000161. The van der Waals surface area contributed by atoms with Crippen molar-refractivity contribution in [1.82, 2.24) is 4.98 Å². The Morgan fingerprint density at radius 2 is 1.04 bits per heavy atom. The van der Waals surface area contributed by atoms with Gasteiger partial charge in [0.2, 0.25) is 0 Å². The van der Waals surface area contributed by atoms with Gasteiger partial charge < -0.3 is 0 Å². The second-order valence-corrected chi connectivity index (χ2v) is 6.67. The molecule has 1 nitrogen and oxygen atoms in total. The van der Waals surface area contributed by atoms with Gasteiger partial charge in [0.05, 0.1) is 0 Å². The fraction of sp³-hybridized carbons (Fsp3) is 0.762. The lowest BCUT2D eigenvalue weighted by Gasteiger charge is -2.03. The summed E-state index contributed by atoms with van der Waals surface area (Å²) >= 11 is 0. The first-order valence-electron chi connectivity index (χ1n) is 9.83. The minimum absolute atomic E-state index is 0. The molecule has 0 aliphatic carbocycles. The molecule has 0 spiro atoms. The van der Waals surface area contributed by atoms with E-state index in [4.69, 9.17) is 0 Å². The molecule has 1 aromatic heterocycles. The fourth-order valence-corrected chi connectivity index (χ4v) is 3.05. The molecule has 150 valence electrons. The number of nitrogens with zero attached hydrogens (tertiary/aromatic N) is 1. The molecule has 0 saturated carbocycles. The molecule has 0 unspecified atom stereocenters. The molecule has 0 N–H and O–H groups in total. The summed E-state index contributed by atoms with van der Waals surface area (Å²) in [4.78, 5) is 4.38. The standard InChI is InChI=1S/C21H37N.3BrH/c1-2-3-4-5-6-7-8-9-10-11-12-13-14-15-18-21-19-16-17-20-22-21;;;/h16-17,19-20H,2-15,18H2,1H3;3*1H. The Morgan fingerprint density at radius 1 is 0.600 bits per heavy atom. The molecule has 0 amide bonds. The van der Waals surface area contributed by atoms with E-state index in [1.807, 2.05) is 12.3 Å². The SMILES string of the molecule is Br.Br.Br.CCCCCCCCCCCCCCCCc1ccccn1. The van der Waals surface area contributed by atoms with Crippen LogP contribution in [0.1, 0.15) is 103 Å². The Bertz CT molecular complexity index is 333. The lowest BCUT2D eigenvalue weighted by Crippen LogP contribution is -1.89. The van der Waals surface area contributed by atoms with Crippen molar-refractivity contribution >= 4 is 50.9 Å². The van der Waals surface area contributed by atoms with Crippen molar-refractivity contribution in [1.29, 1.82) is 0 Å². The van der Waals surface area contributed by atoms with Crippen LogP contribution in [0.3, 0.4) is 0 Å². The molecule has 0 aliphatic rings.